The highest BCUT2D eigenvalue weighted by Gasteiger charge is 1.97. The molecule has 1 heterocycles. The van der Waals surface area contributed by atoms with E-state index in [2.05, 4.69) is 15.9 Å². The zero-order valence-electron chi connectivity index (χ0n) is 4.73. The second-order valence-corrected chi connectivity index (χ2v) is 2.20. The summed E-state index contributed by atoms with van der Waals surface area (Å²) < 4.78 is 16.7. The summed E-state index contributed by atoms with van der Waals surface area (Å²) in [6.07, 6.45) is 0. The third-order valence-corrected chi connectivity index (χ3v) is 1.53. The van der Waals surface area contributed by atoms with Gasteiger partial charge in [-0.25, -0.2) is 4.39 Å². The largest absolute Gasteiger partial charge is 0.462 e. The molecule has 1 aromatic heterocycles. The minimum Gasteiger partial charge on any atom is -0.462 e. The van der Waals surface area contributed by atoms with Crippen LogP contribution >= 0.6 is 15.9 Å². The van der Waals surface area contributed by atoms with Crippen LogP contribution in [0.15, 0.2) is 16.5 Å². The van der Waals surface area contributed by atoms with Crippen LogP contribution in [-0.2, 0) is 12.0 Å². The van der Waals surface area contributed by atoms with Crippen molar-refractivity contribution in [2.45, 2.75) is 12.0 Å². The van der Waals surface area contributed by atoms with E-state index in [1.165, 1.54) is 0 Å². The molecule has 1 rings (SSSR count). The Labute approximate surface area is 61.0 Å². The molecule has 1 nitrogen and oxygen atoms in total. The van der Waals surface area contributed by atoms with Crippen LogP contribution in [0, 0.1) is 0 Å². The predicted octanol–water partition coefficient (Wildman–Crippen LogP) is 2.64. The Balaban J connectivity index is 2.74. The van der Waals surface area contributed by atoms with Crippen LogP contribution in [0.2, 0.25) is 0 Å². The lowest BCUT2D eigenvalue weighted by atomic mass is 10.4. The Hall–Kier alpha value is -0.310. The van der Waals surface area contributed by atoms with Crippen LogP contribution in [0.1, 0.15) is 11.5 Å². The molecule has 0 aliphatic carbocycles. The molecule has 0 aliphatic heterocycles. The first kappa shape index (κ1) is 6.81. The topological polar surface area (TPSA) is 13.1 Å². The van der Waals surface area contributed by atoms with Gasteiger partial charge in [-0.1, -0.05) is 15.9 Å². The second-order valence-electron chi connectivity index (χ2n) is 1.64. The van der Waals surface area contributed by atoms with Gasteiger partial charge in [-0.3, -0.25) is 0 Å². The highest BCUT2D eigenvalue weighted by Crippen LogP contribution is 2.11. The summed E-state index contributed by atoms with van der Waals surface area (Å²) >= 11 is 3.18. The summed E-state index contributed by atoms with van der Waals surface area (Å²) in [5.74, 6) is 1.16. The molecule has 0 aliphatic rings. The first-order chi connectivity index (χ1) is 4.36. The van der Waals surface area contributed by atoms with Gasteiger partial charge in [0.25, 0.3) is 0 Å². The van der Waals surface area contributed by atoms with Crippen molar-refractivity contribution in [3.63, 3.8) is 0 Å². The van der Waals surface area contributed by atoms with Gasteiger partial charge in [-0.05, 0) is 12.1 Å². The van der Waals surface area contributed by atoms with Crippen LogP contribution in [0.25, 0.3) is 0 Å². The average Bonchev–Trinajstić information content (AvgIpc) is 2.34. The lowest BCUT2D eigenvalue weighted by molar-refractivity contribution is 0.383. The van der Waals surface area contributed by atoms with Gasteiger partial charge in [-0.15, -0.1) is 0 Å². The summed E-state index contributed by atoms with van der Waals surface area (Å²) in [7, 11) is 0. The molecule has 0 spiro atoms. The molecule has 0 radical (unpaired) electrons. The van der Waals surface area contributed by atoms with Crippen molar-refractivity contribution < 1.29 is 8.81 Å². The van der Waals surface area contributed by atoms with E-state index in [0.29, 0.717) is 11.1 Å². The molecule has 1 aromatic rings. The molecule has 0 bridgehead atoms. The van der Waals surface area contributed by atoms with Gasteiger partial charge >= 0.3 is 0 Å². The van der Waals surface area contributed by atoms with Gasteiger partial charge in [0.05, 0.1) is 5.33 Å². The van der Waals surface area contributed by atoms with Crippen molar-refractivity contribution in [3.05, 3.63) is 23.7 Å². The smallest absolute Gasteiger partial charge is 0.147 e. The van der Waals surface area contributed by atoms with E-state index in [4.69, 9.17) is 4.42 Å². The normalized spacial score (nSPS) is 10.0. The summed E-state index contributed by atoms with van der Waals surface area (Å²) in [5.41, 5.74) is 0. The number of hydrogen-bond acceptors (Lipinski definition) is 1. The molecule has 0 N–H and O–H groups in total. The molecule has 50 valence electrons. The molecular formula is C6H6BrFO. The molecule has 3 heteroatoms. The lowest BCUT2D eigenvalue weighted by Gasteiger charge is -1.84. The molecule has 9 heavy (non-hydrogen) atoms. The first-order valence-corrected chi connectivity index (χ1v) is 3.68. The molecule has 0 atom stereocenters. The van der Waals surface area contributed by atoms with Gasteiger partial charge in [0.15, 0.2) is 0 Å². The Kier molecular flexibility index (Phi) is 2.28. The van der Waals surface area contributed by atoms with E-state index in [1.807, 2.05) is 0 Å². The maximum Gasteiger partial charge on any atom is 0.147 e. The lowest BCUT2D eigenvalue weighted by Crippen LogP contribution is -1.68. The Morgan fingerprint density at radius 1 is 1.44 bits per heavy atom. The van der Waals surface area contributed by atoms with Crippen molar-refractivity contribution in [2.75, 3.05) is 0 Å². The quantitative estimate of drug-likeness (QED) is 0.658. The van der Waals surface area contributed by atoms with Gasteiger partial charge in [0, 0.05) is 0 Å². The minimum atomic E-state index is -0.521. The van der Waals surface area contributed by atoms with Crippen molar-refractivity contribution in [1.82, 2.24) is 0 Å². The number of alkyl halides is 2. The summed E-state index contributed by atoms with van der Waals surface area (Å²) in [6.45, 7) is -0.521. The number of hydrogen-bond donors (Lipinski definition) is 0. The molecule has 0 saturated heterocycles. The van der Waals surface area contributed by atoms with Crippen molar-refractivity contribution in [2.24, 2.45) is 0 Å². The highest BCUT2D eigenvalue weighted by molar-refractivity contribution is 9.08. The fourth-order valence-corrected chi connectivity index (χ4v) is 0.867. The maximum absolute atomic E-state index is 11.8. The number of rotatable bonds is 2. The zero-order valence-corrected chi connectivity index (χ0v) is 6.32. The SMILES string of the molecule is FCc1ccc(CBr)o1. The van der Waals surface area contributed by atoms with E-state index < -0.39 is 6.67 Å². The van der Waals surface area contributed by atoms with Gasteiger partial charge < -0.3 is 4.42 Å². The monoisotopic (exact) mass is 192 g/mol. The molecule has 0 unspecified atom stereocenters. The fraction of sp³-hybridized carbons (Fsp3) is 0.333. The van der Waals surface area contributed by atoms with Gasteiger partial charge in [0.2, 0.25) is 0 Å². The second kappa shape index (κ2) is 3.01. The Morgan fingerprint density at radius 2 is 2.11 bits per heavy atom. The number of furan rings is 1. The van der Waals surface area contributed by atoms with Gasteiger partial charge in [0.1, 0.15) is 18.2 Å². The third kappa shape index (κ3) is 1.55. The van der Waals surface area contributed by atoms with Crippen LogP contribution in [0.5, 0.6) is 0 Å². The van der Waals surface area contributed by atoms with Crippen molar-refractivity contribution >= 4 is 15.9 Å². The zero-order chi connectivity index (χ0) is 6.69. The molecular weight excluding hydrogens is 187 g/mol. The van der Waals surface area contributed by atoms with Crippen molar-refractivity contribution in [1.29, 1.82) is 0 Å². The van der Waals surface area contributed by atoms with E-state index in [1.54, 1.807) is 12.1 Å². The Morgan fingerprint density at radius 3 is 2.44 bits per heavy atom. The van der Waals surface area contributed by atoms with E-state index >= 15 is 0 Å². The summed E-state index contributed by atoms with van der Waals surface area (Å²) in [5, 5.41) is 0.646. The van der Waals surface area contributed by atoms with Crippen LogP contribution in [-0.4, -0.2) is 0 Å². The predicted molar refractivity (Wildman–Crippen MR) is 36.2 cm³/mol. The average molecular weight is 193 g/mol. The summed E-state index contributed by atoms with van der Waals surface area (Å²) in [4.78, 5) is 0. The van der Waals surface area contributed by atoms with E-state index in [-0.39, 0.29) is 0 Å². The van der Waals surface area contributed by atoms with Crippen LogP contribution in [0.4, 0.5) is 4.39 Å². The highest BCUT2D eigenvalue weighted by atomic mass is 79.9. The molecule has 0 saturated carbocycles. The molecule has 0 fully saturated rings. The Bertz CT molecular complexity index is 166. The van der Waals surface area contributed by atoms with Crippen LogP contribution in [0.3, 0.4) is 0 Å². The fourth-order valence-electron chi connectivity index (χ4n) is 0.566. The standard InChI is InChI=1S/C6H6BrFO/c7-3-5-1-2-6(4-8)9-5/h1-2H,3-4H2. The summed E-state index contributed by atoms with van der Waals surface area (Å²) in [6, 6.07) is 3.39. The van der Waals surface area contributed by atoms with Crippen LogP contribution < -0.4 is 0 Å². The van der Waals surface area contributed by atoms with Crippen molar-refractivity contribution in [3.8, 4) is 0 Å². The maximum atomic E-state index is 11.8. The first-order valence-electron chi connectivity index (χ1n) is 2.56. The van der Waals surface area contributed by atoms with E-state index in [9.17, 15) is 4.39 Å². The molecule has 0 aromatic carbocycles. The third-order valence-electron chi connectivity index (χ3n) is 0.981. The van der Waals surface area contributed by atoms with E-state index in [0.717, 1.165) is 5.76 Å². The molecule has 0 amide bonds. The number of halogens is 2. The van der Waals surface area contributed by atoms with Gasteiger partial charge in [-0.2, -0.15) is 0 Å². The minimum absolute atomic E-state index is 0.393.